The van der Waals surface area contributed by atoms with Gasteiger partial charge in [-0.1, -0.05) is 67.1 Å². The van der Waals surface area contributed by atoms with Gasteiger partial charge < -0.3 is 5.32 Å². The topological polar surface area (TPSA) is 29.1 Å². The molecule has 1 unspecified atom stereocenters. The van der Waals surface area contributed by atoms with Crippen LogP contribution in [0.4, 0.5) is 0 Å². The molecule has 114 valence electrons. The van der Waals surface area contributed by atoms with Gasteiger partial charge in [-0.2, -0.15) is 0 Å². The molecule has 1 saturated carbocycles. The van der Waals surface area contributed by atoms with E-state index in [1.54, 1.807) is 0 Å². The molecule has 1 atom stereocenters. The zero-order valence-corrected chi connectivity index (χ0v) is 12.9. The molecular weight excluding hydrogens is 270 g/mol. The molecule has 0 radical (unpaired) electrons. The molecule has 3 rings (SSSR count). The lowest BCUT2D eigenvalue weighted by molar-refractivity contribution is -0.128. The van der Waals surface area contributed by atoms with E-state index in [9.17, 15) is 4.79 Å². The number of carbonyl (C=O) groups is 1. The second-order valence-corrected chi connectivity index (χ2v) is 6.06. The Kier molecular flexibility index (Phi) is 4.69. The summed E-state index contributed by atoms with van der Waals surface area (Å²) >= 11 is 0. The van der Waals surface area contributed by atoms with Crippen LogP contribution in [-0.4, -0.2) is 12.3 Å². The fraction of sp³-hybridized carbons (Fsp3) is 0.350. The van der Waals surface area contributed by atoms with Gasteiger partial charge in [0.25, 0.3) is 0 Å². The average molecular weight is 293 g/mol. The highest BCUT2D eigenvalue weighted by atomic mass is 16.1. The van der Waals surface area contributed by atoms with Crippen molar-refractivity contribution in [1.29, 1.82) is 0 Å². The maximum atomic E-state index is 12.7. The number of rotatable bonds is 5. The highest BCUT2D eigenvalue weighted by Gasteiger charge is 2.40. The molecule has 0 aromatic heterocycles. The monoisotopic (exact) mass is 293 g/mol. The molecule has 22 heavy (non-hydrogen) atoms. The standard InChI is InChI=1S/C20H23NO/c22-19-13-7-8-15-20(19,18-11-5-2-6-12-18)21-16-14-17-9-3-1-4-10-17/h1-6,9-12,21H,7-8,13-16H2. The summed E-state index contributed by atoms with van der Waals surface area (Å²) in [4.78, 5) is 12.7. The molecule has 2 nitrogen and oxygen atoms in total. The van der Waals surface area contributed by atoms with E-state index < -0.39 is 5.54 Å². The summed E-state index contributed by atoms with van der Waals surface area (Å²) in [5, 5.41) is 3.60. The molecule has 0 saturated heterocycles. The minimum atomic E-state index is -0.478. The summed E-state index contributed by atoms with van der Waals surface area (Å²) in [6.07, 6.45) is 4.67. The SMILES string of the molecule is O=C1CCCCC1(NCCc1ccccc1)c1ccccc1. The van der Waals surface area contributed by atoms with Crippen LogP contribution in [0.25, 0.3) is 0 Å². The van der Waals surface area contributed by atoms with Crippen molar-refractivity contribution in [3.63, 3.8) is 0 Å². The first-order valence-corrected chi connectivity index (χ1v) is 8.19. The van der Waals surface area contributed by atoms with E-state index in [0.29, 0.717) is 12.2 Å². The minimum Gasteiger partial charge on any atom is -0.301 e. The van der Waals surface area contributed by atoms with Crippen LogP contribution in [0, 0.1) is 0 Å². The largest absolute Gasteiger partial charge is 0.301 e. The third-order valence-electron chi connectivity index (χ3n) is 4.63. The van der Waals surface area contributed by atoms with Crippen LogP contribution in [0.15, 0.2) is 60.7 Å². The molecule has 0 amide bonds. The zero-order valence-electron chi connectivity index (χ0n) is 12.9. The molecule has 0 aliphatic heterocycles. The first-order valence-electron chi connectivity index (χ1n) is 8.19. The Balaban J connectivity index is 1.76. The van der Waals surface area contributed by atoms with E-state index in [-0.39, 0.29) is 0 Å². The minimum absolute atomic E-state index is 0.345. The van der Waals surface area contributed by atoms with Crippen LogP contribution in [-0.2, 0) is 16.8 Å². The second kappa shape index (κ2) is 6.89. The molecule has 2 aromatic rings. The summed E-state index contributed by atoms with van der Waals surface area (Å²) in [6, 6.07) is 20.7. The van der Waals surface area contributed by atoms with Crippen LogP contribution in [0.5, 0.6) is 0 Å². The number of hydrogen-bond donors (Lipinski definition) is 1. The Labute approximate surface area is 132 Å². The van der Waals surface area contributed by atoms with Crippen LogP contribution in [0.1, 0.15) is 36.8 Å². The van der Waals surface area contributed by atoms with Crippen molar-refractivity contribution in [2.24, 2.45) is 0 Å². The van der Waals surface area contributed by atoms with Gasteiger partial charge in [0.2, 0.25) is 0 Å². The predicted octanol–water partition coefficient (Wildman–Crippen LogP) is 3.86. The molecule has 0 spiro atoms. The lowest BCUT2D eigenvalue weighted by atomic mass is 9.75. The molecule has 2 heteroatoms. The molecule has 2 aromatic carbocycles. The van der Waals surface area contributed by atoms with Gasteiger partial charge in [0, 0.05) is 13.0 Å². The van der Waals surface area contributed by atoms with Gasteiger partial charge in [-0.3, -0.25) is 4.79 Å². The quantitative estimate of drug-likeness (QED) is 0.907. The van der Waals surface area contributed by atoms with Gasteiger partial charge in [-0.05, 0) is 30.4 Å². The van der Waals surface area contributed by atoms with Gasteiger partial charge in [0.05, 0.1) is 0 Å². The van der Waals surface area contributed by atoms with Crippen LogP contribution in [0.3, 0.4) is 0 Å². The molecule has 0 bridgehead atoms. The summed E-state index contributed by atoms with van der Waals surface area (Å²) in [5.74, 6) is 0.345. The van der Waals surface area contributed by atoms with Crippen molar-refractivity contribution in [3.05, 3.63) is 71.8 Å². The predicted molar refractivity (Wildman–Crippen MR) is 89.7 cm³/mol. The van der Waals surface area contributed by atoms with Gasteiger partial charge >= 0.3 is 0 Å². The summed E-state index contributed by atoms with van der Waals surface area (Å²) in [5.41, 5.74) is 1.95. The third-order valence-corrected chi connectivity index (χ3v) is 4.63. The zero-order chi connectivity index (χ0) is 15.3. The van der Waals surface area contributed by atoms with Gasteiger partial charge in [0.1, 0.15) is 5.54 Å². The van der Waals surface area contributed by atoms with E-state index in [2.05, 4.69) is 41.7 Å². The highest BCUT2D eigenvalue weighted by Crippen LogP contribution is 2.34. The molecule has 1 fully saturated rings. The number of ketones is 1. The molecule has 1 aliphatic carbocycles. The van der Waals surface area contributed by atoms with E-state index >= 15 is 0 Å². The summed E-state index contributed by atoms with van der Waals surface area (Å²) in [6.45, 7) is 0.824. The molecule has 1 N–H and O–H groups in total. The van der Waals surface area contributed by atoms with Crippen LogP contribution < -0.4 is 5.32 Å². The Hall–Kier alpha value is -1.93. The third kappa shape index (κ3) is 3.12. The summed E-state index contributed by atoms with van der Waals surface area (Å²) in [7, 11) is 0. The normalized spacial score (nSPS) is 21.7. The first-order chi connectivity index (χ1) is 10.8. The fourth-order valence-corrected chi connectivity index (χ4v) is 3.41. The van der Waals surface area contributed by atoms with Crippen molar-refractivity contribution in [2.45, 2.75) is 37.6 Å². The number of hydrogen-bond acceptors (Lipinski definition) is 2. The number of benzene rings is 2. The van der Waals surface area contributed by atoms with Gasteiger partial charge in [-0.25, -0.2) is 0 Å². The molecule has 1 aliphatic rings. The van der Waals surface area contributed by atoms with Crippen molar-refractivity contribution in [3.8, 4) is 0 Å². The fourth-order valence-electron chi connectivity index (χ4n) is 3.41. The van der Waals surface area contributed by atoms with Crippen molar-refractivity contribution in [1.82, 2.24) is 5.32 Å². The van der Waals surface area contributed by atoms with Gasteiger partial charge in [-0.15, -0.1) is 0 Å². The smallest absolute Gasteiger partial charge is 0.157 e. The first kappa shape index (κ1) is 15.0. The van der Waals surface area contributed by atoms with Crippen molar-refractivity contribution < 1.29 is 4.79 Å². The number of Topliss-reactive ketones (excluding diaryl/α,β-unsaturated/α-hetero) is 1. The molecular formula is C20H23NO. The van der Waals surface area contributed by atoms with Crippen molar-refractivity contribution in [2.75, 3.05) is 6.54 Å². The summed E-state index contributed by atoms with van der Waals surface area (Å²) < 4.78 is 0. The van der Waals surface area contributed by atoms with E-state index in [1.807, 2.05) is 24.3 Å². The van der Waals surface area contributed by atoms with Crippen LogP contribution in [0.2, 0.25) is 0 Å². The number of carbonyl (C=O) groups excluding carboxylic acids is 1. The highest BCUT2D eigenvalue weighted by molar-refractivity contribution is 5.90. The van der Waals surface area contributed by atoms with E-state index in [0.717, 1.165) is 37.8 Å². The Bertz CT molecular complexity index is 608. The maximum Gasteiger partial charge on any atom is 0.157 e. The van der Waals surface area contributed by atoms with Crippen LogP contribution >= 0.6 is 0 Å². The Morgan fingerprint density at radius 2 is 1.59 bits per heavy atom. The average Bonchev–Trinajstić information content (AvgIpc) is 2.58. The van der Waals surface area contributed by atoms with Gasteiger partial charge in [0.15, 0.2) is 5.78 Å². The van der Waals surface area contributed by atoms with E-state index in [4.69, 9.17) is 0 Å². The second-order valence-electron chi connectivity index (χ2n) is 6.06. The molecule has 0 heterocycles. The lowest BCUT2D eigenvalue weighted by Gasteiger charge is -2.37. The maximum absolute atomic E-state index is 12.7. The van der Waals surface area contributed by atoms with E-state index in [1.165, 1.54) is 5.56 Å². The number of nitrogens with one attached hydrogen (secondary N) is 1. The Morgan fingerprint density at radius 3 is 2.27 bits per heavy atom. The Morgan fingerprint density at radius 1 is 0.909 bits per heavy atom. The van der Waals surface area contributed by atoms with Crippen molar-refractivity contribution >= 4 is 5.78 Å². The lowest BCUT2D eigenvalue weighted by Crippen LogP contribution is -2.51.